The Labute approximate surface area is 194 Å². The Morgan fingerprint density at radius 1 is 1.06 bits per heavy atom. The molecule has 0 aliphatic rings. The minimum absolute atomic E-state index is 0.158. The number of nitrogens with zero attached hydrogens (tertiary/aromatic N) is 4. The number of rotatable bonds is 8. The van der Waals surface area contributed by atoms with Crippen molar-refractivity contribution < 1.29 is 14.3 Å². The lowest BCUT2D eigenvalue weighted by Gasteiger charge is -2.14. The molecule has 0 saturated heterocycles. The third kappa shape index (κ3) is 4.70. The molecule has 4 rings (SSSR count). The molecule has 0 radical (unpaired) electrons. The normalized spacial score (nSPS) is 11.8. The van der Waals surface area contributed by atoms with E-state index in [0.717, 1.165) is 0 Å². The second-order valence-electron chi connectivity index (χ2n) is 7.08. The van der Waals surface area contributed by atoms with Gasteiger partial charge in [-0.1, -0.05) is 24.8 Å². The fourth-order valence-corrected chi connectivity index (χ4v) is 4.19. The Kier molecular flexibility index (Phi) is 6.64. The maximum absolute atomic E-state index is 13.0. The summed E-state index contributed by atoms with van der Waals surface area (Å²) in [5.74, 6) is 1.20. The molecule has 0 aliphatic heterocycles. The summed E-state index contributed by atoms with van der Waals surface area (Å²) in [7, 11) is 3.16. The summed E-state index contributed by atoms with van der Waals surface area (Å²) >= 11 is 1.26. The Morgan fingerprint density at radius 3 is 2.52 bits per heavy atom. The Balaban J connectivity index is 1.56. The zero-order valence-electron chi connectivity index (χ0n) is 18.4. The van der Waals surface area contributed by atoms with Crippen LogP contribution in [-0.2, 0) is 4.79 Å². The molecule has 2 aromatic heterocycles. The van der Waals surface area contributed by atoms with Crippen LogP contribution in [0.1, 0.15) is 13.3 Å². The molecule has 10 heteroatoms. The Morgan fingerprint density at radius 2 is 1.82 bits per heavy atom. The monoisotopic (exact) mass is 465 g/mol. The number of carbonyl (C=O) groups is 1. The molecular formula is C23H23N5O4S. The smallest absolute Gasteiger partial charge is 0.300 e. The second-order valence-corrected chi connectivity index (χ2v) is 8.25. The van der Waals surface area contributed by atoms with Crippen LogP contribution in [0.3, 0.4) is 0 Å². The molecule has 2 heterocycles. The lowest BCUT2D eigenvalue weighted by atomic mass is 10.2. The first-order valence-electron chi connectivity index (χ1n) is 10.3. The number of hydrogen-bond donors (Lipinski definition) is 1. The average molecular weight is 466 g/mol. The summed E-state index contributed by atoms with van der Waals surface area (Å²) in [6.45, 7) is 1.92. The fraction of sp³-hybridized carbons (Fsp3) is 0.217. The van der Waals surface area contributed by atoms with Gasteiger partial charge in [0.15, 0.2) is 5.16 Å². The maximum Gasteiger partial charge on any atom is 0.300 e. The lowest BCUT2D eigenvalue weighted by molar-refractivity contribution is -0.115. The fourth-order valence-electron chi connectivity index (χ4n) is 3.26. The third-order valence-electron chi connectivity index (χ3n) is 5.04. The molecule has 9 nitrogen and oxygen atoms in total. The van der Waals surface area contributed by atoms with Gasteiger partial charge >= 0.3 is 5.56 Å². The number of benzene rings is 2. The summed E-state index contributed by atoms with van der Waals surface area (Å²) < 4.78 is 13.5. The molecule has 0 fully saturated rings. The number of amides is 1. The van der Waals surface area contributed by atoms with Gasteiger partial charge in [0.25, 0.3) is 0 Å². The third-order valence-corrected chi connectivity index (χ3v) is 6.36. The van der Waals surface area contributed by atoms with Gasteiger partial charge in [-0.15, -0.1) is 10.2 Å². The van der Waals surface area contributed by atoms with Crippen molar-refractivity contribution >= 4 is 29.0 Å². The highest BCUT2D eigenvalue weighted by Crippen LogP contribution is 2.26. The van der Waals surface area contributed by atoms with Crippen LogP contribution in [0, 0.1) is 0 Å². The summed E-state index contributed by atoms with van der Waals surface area (Å²) in [6.07, 6.45) is 3.94. The predicted octanol–water partition coefficient (Wildman–Crippen LogP) is 3.41. The lowest BCUT2D eigenvalue weighted by Crippen LogP contribution is -2.25. The van der Waals surface area contributed by atoms with E-state index < -0.39 is 5.25 Å². The van der Waals surface area contributed by atoms with Gasteiger partial charge in [-0.05, 0) is 42.8 Å². The van der Waals surface area contributed by atoms with Crippen LogP contribution in [0.5, 0.6) is 11.5 Å². The largest absolute Gasteiger partial charge is 0.497 e. The second kappa shape index (κ2) is 9.78. The number of hydrogen-bond acceptors (Lipinski definition) is 7. The van der Waals surface area contributed by atoms with Crippen molar-refractivity contribution in [3.8, 4) is 17.2 Å². The Hall–Kier alpha value is -3.79. The first-order valence-corrected chi connectivity index (χ1v) is 11.1. The molecule has 170 valence electrons. The topological polar surface area (TPSA) is 99.8 Å². The van der Waals surface area contributed by atoms with Gasteiger partial charge in [-0.25, -0.2) is 0 Å². The van der Waals surface area contributed by atoms with E-state index in [1.807, 2.05) is 19.1 Å². The van der Waals surface area contributed by atoms with Crippen molar-refractivity contribution in [2.45, 2.75) is 23.8 Å². The van der Waals surface area contributed by atoms with E-state index in [0.29, 0.717) is 34.5 Å². The van der Waals surface area contributed by atoms with Gasteiger partial charge in [-0.2, -0.15) is 0 Å². The highest BCUT2D eigenvalue weighted by molar-refractivity contribution is 8.00. The van der Waals surface area contributed by atoms with Gasteiger partial charge < -0.3 is 14.8 Å². The van der Waals surface area contributed by atoms with E-state index in [1.165, 1.54) is 16.3 Å². The van der Waals surface area contributed by atoms with E-state index in [1.54, 1.807) is 67.4 Å². The number of anilines is 1. The maximum atomic E-state index is 13.0. The van der Waals surface area contributed by atoms with Crippen LogP contribution in [-0.4, -0.2) is 44.5 Å². The molecule has 0 saturated carbocycles. The molecule has 1 atom stereocenters. The number of methoxy groups -OCH3 is 2. The van der Waals surface area contributed by atoms with Gasteiger partial charge in [0, 0.05) is 24.1 Å². The van der Waals surface area contributed by atoms with E-state index in [4.69, 9.17) is 9.47 Å². The van der Waals surface area contributed by atoms with E-state index >= 15 is 0 Å². The summed E-state index contributed by atoms with van der Waals surface area (Å²) in [5, 5.41) is 11.2. The van der Waals surface area contributed by atoms with Crippen LogP contribution in [0.15, 0.2) is 70.9 Å². The van der Waals surface area contributed by atoms with Gasteiger partial charge in [-0.3, -0.25) is 18.6 Å². The van der Waals surface area contributed by atoms with Crippen LogP contribution >= 0.6 is 11.8 Å². The van der Waals surface area contributed by atoms with E-state index in [9.17, 15) is 9.59 Å². The molecule has 33 heavy (non-hydrogen) atoms. The van der Waals surface area contributed by atoms with Gasteiger partial charge in [0.05, 0.1) is 25.2 Å². The Bertz CT molecular complexity index is 1330. The first kappa shape index (κ1) is 22.4. The SMILES string of the molecule is CC[C@@H](Sc1nnc2c(=O)n(-c3cccc(OC)c3)ccn12)C(=O)Nc1ccc(OC)cc1. The van der Waals surface area contributed by atoms with Crippen molar-refractivity contribution in [1.29, 1.82) is 0 Å². The summed E-state index contributed by atoms with van der Waals surface area (Å²) in [6, 6.07) is 14.3. The molecular weight excluding hydrogens is 442 g/mol. The number of carbonyl (C=O) groups excluding carboxylic acids is 1. The minimum Gasteiger partial charge on any atom is -0.497 e. The predicted molar refractivity (Wildman–Crippen MR) is 127 cm³/mol. The molecule has 0 spiro atoms. The summed E-state index contributed by atoms with van der Waals surface area (Å²) in [4.78, 5) is 25.9. The molecule has 0 bridgehead atoms. The quantitative estimate of drug-likeness (QED) is 0.398. The minimum atomic E-state index is -0.416. The highest BCUT2D eigenvalue weighted by Gasteiger charge is 2.22. The standard InChI is InChI=1S/C23H23N5O4S/c1-4-19(21(29)24-15-8-10-17(31-2)11-9-15)33-23-26-25-20-22(30)27(12-13-28(20)23)16-6-5-7-18(14-16)32-3/h5-14,19H,4H2,1-3H3,(H,24,29)/t19-/m1/s1. The highest BCUT2D eigenvalue weighted by atomic mass is 32.2. The molecule has 1 amide bonds. The van der Waals surface area contributed by atoms with Crippen LogP contribution in [0.25, 0.3) is 11.3 Å². The van der Waals surface area contributed by atoms with Crippen LogP contribution < -0.4 is 20.3 Å². The van der Waals surface area contributed by atoms with Crippen molar-refractivity contribution in [1.82, 2.24) is 19.2 Å². The number of nitrogens with one attached hydrogen (secondary N) is 1. The van der Waals surface area contributed by atoms with Crippen molar-refractivity contribution in [2.24, 2.45) is 0 Å². The van der Waals surface area contributed by atoms with Gasteiger partial charge in [0.1, 0.15) is 11.5 Å². The molecule has 0 unspecified atom stereocenters. The average Bonchev–Trinajstić information content (AvgIpc) is 3.26. The van der Waals surface area contributed by atoms with Crippen molar-refractivity contribution in [3.05, 3.63) is 71.3 Å². The molecule has 2 aromatic carbocycles. The number of thioether (sulfide) groups is 1. The van der Waals surface area contributed by atoms with E-state index in [2.05, 4.69) is 15.5 Å². The van der Waals surface area contributed by atoms with Crippen molar-refractivity contribution in [3.63, 3.8) is 0 Å². The van der Waals surface area contributed by atoms with Crippen LogP contribution in [0.2, 0.25) is 0 Å². The zero-order valence-corrected chi connectivity index (χ0v) is 19.2. The van der Waals surface area contributed by atoms with Crippen molar-refractivity contribution in [2.75, 3.05) is 19.5 Å². The van der Waals surface area contributed by atoms with Gasteiger partial charge in [0.2, 0.25) is 11.6 Å². The molecule has 4 aromatic rings. The van der Waals surface area contributed by atoms with Crippen LogP contribution in [0.4, 0.5) is 5.69 Å². The first-order chi connectivity index (χ1) is 16.0. The number of aromatic nitrogens is 4. The number of ether oxygens (including phenoxy) is 2. The summed E-state index contributed by atoms with van der Waals surface area (Å²) in [5.41, 5.74) is 1.19. The molecule has 0 aliphatic carbocycles. The zero-order chi connectivity index (χ0) is 23.4. The van der Waals surface area contributed by atoms with E-state index in [-0.39, 0.29) is 17.1 Å². The molecule has 1 N–H and O–H groups in total. The number of fused-ring (bicyclic) bond motifs is 1.